The lowest BCUT2D eigenvalue weighted by atomic mass is 9.98. The summed E-state index contributed by atoms with van der Waals surface area (Å²) in [6, 6.07) is 12.7. The van der Waals surface area contributed by atoms with Crippen LogP contribution in [0.3, 0.4) is 0 Å². The molecule has 0 bridgehead atoms. The van der Waals surface area contributed by atoms with E-state index in [1.165, 1.54) is 12.8 Å². The quantitative estimate of drug-likeness (QED) is 0.339. The Bertz CT molecular complexity index is 1570. The molecule has 1 N–H and O–H groups in total. The number of fused-ring (bicyclic) bond motifs is 3. The summed E-state index contributed by atoms with van der Waals surface area (Å²) in [5.74, 6) is 2.39. The summed E-state index contributed by atoms with van der Waals surface area (Å²) < 4.78 is 29.3. The molecule has 1 saturated carbocycles. The Morgan fingerprint density at radius 1 is 1.23 bits per heavy atom. The van der Waals surface area contributed by atoms with Crippen LogP contribution in [0.1, 0.15) is 35.2 Å². The van der Waals surface area contributed by atoms with Crippen molar-refractivity contribution in [3.8, 4) is 17.3 Å². The predicted octanol–water partition coefficient (Wildman–Crippen LogP) is 4.33. The average Bonchev–Trinajstić information content (AvgIpc) is 3.65. The Morgan fingerprint density at radius 2 is 2.12 bits per heavy atom. The fraction of sp³-hybridized carbons (Fsp3) is 0.484. The molecule has 2 aromatic carbocycles. The highest BCUT2D eigenvalue weighted by atomic mass is 19.1. The summed E-state index contributed by atoms with van der Waals surface area (Å²) in [6.07, 6.45) is 3.62. The van der Waals surface area contributed by atoms with Crippen LogP contribution in [0.5, 0.6) is 5.75 Å². The number of nitrogens with one attached hydrogen (secondary N) is 1. The van der Waals surface area contributed by atoms with Gasteiger partial charge in [-0.25, -0.2) is 4.98 Å². The van der Waals surface area contributed by atoms with Crippen LogP contribution in [0.2, 0.25) is 0 Å². The van der Waals surface area contributed by atoms with E-state index in [2.05, 4.69) is 51.8 Å². The SMILES string of the molecule is Cn1c(-c2cc3cccc(OCC4COCCN4)c3n2CC2CC2)nc2cc3c(cc21)CCN(CCCF)C3=O. The third kappa shape index (κ3) is 4.65. The van der Waals surface area contributed by atoms with Gasteiger partial charge in [0.15, 0.2) is 5.82 Å². The fourth-order valence-corrected chi connectivity index (χ4v) is 6.17. The van der Waals surface area contributed by atoms with Gasteiger partial charge in [0, 0.05) is 44.2 Å². The van der Waals surface area contributed by atoms with E-state index in [9.17, 15) is 9.18 Å². The summed E-state index contributed by atoms with van der Waals surface area (Å²) in [5.41, 5.74) is 5.72. The van der Waals surface area contributed by atoms with Gasteiger partial charge in [-0.3, -0.25) is 9.18 Å². The molecule has 4 heterocycles. The van der Waals surface area contributed by atoms with E-state index in [1.807, 2.05) is 6.07 Å². The number of amides is 1. The van der Waals surface area contributed by atoms with Crippen LogP contribution in [0.4, 0.5) is 4.39 Å². The molecule has 1 amide bonds. The molecular formula is C31H36FN5O3. The summed E-state index contributed by atoms with van der Waals surface area (Å²) in [7, 11) is 2.06. The van der Waals surface area contributed by atoms with Gasteiger partial charge in [0.05, 0.1) is 48.2 Å². The van der Waals surface area contributed by atoms with Crippen LogP contribution < -0.4 is 10.1 Å². The van der Waals surface area contributed by atoms with Crippen LogP contribution in [0.15, 0.2) is 36.4 Å². The van der Waals surface area contributed by atoms with E-state index in [-0.39, 0.29) is 11.9 Å². The topological polar surface area (TPSA) is 73.6 Å². The number of imidazole rings is 1. The minimum atomic E-state index is -0.410. The highest BCUT2D eigenvalue weighted by molar-refractivity contribution is 6.00. The van der Waals surface area contributed by atoms with Crippen molar-refractivity contribution in [1.82, 2.24) is 24.3 Å². The van der Waals surface area contributed by atoms with Crippen molar-refractivity contribution < 1.29 is 18.7 Å². The molecule has 1 unspecified atom stereocenters. The largest absolute Gasteiger partial charge is 0.490 e. The van der Waals surface area contributed by atoms with E-state index < -0.39 is 6.67 Å². The molecule has 8 nitrogen and oxygen atoms in total. The molecule has 1 saturated heterocycles. The maximum absolute atomic E-state index is 13.2. The highest BCUT2D eigenvalue weighted by Crippen LogP contribution is 2.39. The first kappa shape index (κ1) is 25.5. The van der Waals surface area contributed by atoms with Gasteiger partial charge in [-0.05, 0) is 61.4 Å². The second-order valence-electron chi connectivity index (χ2n) is 11.4. The molecule has 0 spiro atoms. The lowest BCUT2D eigenvalue weighted by molar-refractivity contribution is 0.0594. The molecule has 9 heteroatoms. The molecular weight excluding hydrogens is 509 g/mol. The molecule has 1 atom stereocenters. The predicted molar refractivity (Wildman–Crippen MR) is 153 cm³/mol. The van der Waals surface area contributed by atoms with Crippen molar-refractivity contribution in [2.24, 2.45) is 13.0 Å². The first-order valence-corrected chi connectivity index (χ1v) is 14.5. The normalized spacial score (nSPS) is 19.5. The lowest BCUT2D eigenvalue weighted by Crippen LogP contribution is -2.44. The number of halogens is 1. The van der Waals surface area contributed by atoms with Gasteiger partial charge in [-0.15, -0.1) is 0 Å². The van der Waals surface area contributed by atoms with Crippen molar-refractivity contribution >= 4 is 27.8 Å². The zero-order valence-electron chi connectivity index (χ0n) is 23.0. The third-order valence-corrected chi connectivity index (χ3v) is 8.52. The molecule has 3 aliphatic rings. The van der Waals surface area contributed by atoms with Gasteiger partial charge >= 0.3 is 0 Å². The summed E-state index contributed by atoms with van der Waals surface area (Å²) in [5, 5.41) is 4.60. The Morgan fingerprint density at radius 3 is 2.92 bits per heavy atom. The summed E-state index contributed by atoms with van der Waals surface area (Å²) in [6.45, 7) is 4.39. The first-order chi connectivity index (χ1) is 19.6. The second kappa shape index (κ2) is 10.5. The van der Waals surface area contributed by atoms with E-state index in [0.717, 1.165) is 70.9 Å². The molecule has 2 fully saturated rings. The Kier molecular flexibility index (Phi) is 6.71. The molecule has 2 aliphatic heterocycles. The molecule has 40 heavy (non-hydrogen) atoms. The Labute approximate surface area is 233 Å². The highest BCUT2D eigenvalue weighted by Gasteiger charge is 2.29. The Hall–Kier alpha value is -3.43. The number of morpholine rings is 1. The van der Waals surface area contributed by atoms with Crippen molar-refractivity contribution in [2.75, 3.05) is 46.1 Å². The minimum absolute atomic E-state index is 0.0219. The maximum Gasteiger partial charge on any atom is 0.254 e. The van der Waals surface area contributed by atoms with E-state index in [1.54, 1.807) is 4.90 Å². The van der Waals surface area contributed by atoms with Crippen LogP contribution in [0, 0.1) is 5.92 Å². The van der Waals surface area contributed by atoms with E-state index in [4.69, 9.17) is 14.5 Å². The van der Waals surface area contributed by atoms with Gasteiger partial charge in [-0.2, -0.15) is 0 Å². The van der Waals surface area contributed by atoms with Crippen molar-refractivity contribution in [1.29, 1.82) is 0 Å². The van der Waals surface area contributed by atoms with Gasteiger partial charge in [0.2, 0.25) is 0 Å². The van der Waals surface area contributed by atoms with Crippen LogP contribution in [-0.4, -0.2) is 77.1 Å². The number of alkyl halides is 1. The maximum atomic E-state index is 13.2. The van der Waals surface area contributed by atoms with E-state index in [0.29, 0.717) is 44.2 Å². The molecule has 2 aromatic heterocycles. The number of hydrogen-bond acceptors (Lipinski definition) is 5. The molecule has 7 rings (SSSR count). The number of ether oxygens (including phenoxy) is 2. The fourth-order valence-electron chi connectivity index (χ4n) is 6.17. The number of para-hydroxylation sites is 1. The summed E-state index contributed by atoms with van der Waals surface area (Å²) in [4.78, 5) is 20.0. The van der Waals surface area contributed by atoms with Crippen molar-refractivity contribution in [3.63, 3.8) is 0 Å². The number of hydrogen-bond donors (Lipinski definition) is 1. The standard InChI is InChI=1S/C31H36FN5O3/c1-35-26-14-21-8-12-36(11-3-9-32)31(38)24(21)16-25(26)34-30(35)27-15-22-4-2-5-28(29(22)37(27)17-20-6-7-20)40-19-23-18-39-13-10-33-23/h2,4-5,14-16,20,23,33H,3,6-13,17-19H2,1H3. The van der Waals surface area contributed by atoms with Gasteiger partial charge < -0.3 is 28.8 Å². The Balaban J connectivity index is 1.28. The van der Waals surface area contributed by atoms with Gasteiger partial charge in [-0.1, -0.05) is 12.1 Å². The molecule has 0 radical (unpaired) electrons. The first-order valence-electron chi connectivity index (χ1n) is 14.5. The number of nitrogens with zero attached hydrogens (tertiary/aromatic N) is 4. The number of benzene rings is 2. The number of rotatable bonds is 9. The monoisotopic (exact) mass is 545 g/mol. The van der Waals surface area contributed by atoms with Gasteiger partial charge in [0.1, 0.15) is 12.4 Å². The zero-order chi connectivity index (χ0) is 27.2. The minimum Gasteiger partial charge on any atom is -0.490 e. The number of aromatic nitrogens is 3. The lowest BCUT2D eigenvalue weighted by Gasteiger charge is -2.28. The van der Waals surface area contributed by atoms with Crippen LogP contribution in [-0.2, 0) is 24.8 Å². The molecule has 4 aromatic rings. The summed E-state index contributed by atoms with van der Waals surface area (Å²) >= 11 is 0. The second-order valence-corrected chi connectivity index (χ2v) is 11.4. The van der Waals surface area contributed by atoms with Gasteiger partial charge in [0.25, 0.3) is 5.91 Å². The number of aryl methyl sites for hydroxylation is 1. The average molecular weight is 546 g/mol. The molecule has 210 valence electrons. The number of carbonyl (C=O) groups is 1. The van der Waals surface area contributed by atoms with E-state index >= 15 is 0 Å². The third-order valence-electron chi connectivity index (χ3n) is 8.52. The van der Waals surface area contributed by atoms with Crippen LogP contribution in [0.25, 0.3) is 33.5 Å². The van der Waals surface area contributed by atoms with Crippen LogP contribution >= 0.6 is 0 Å². The molecule has 1 aliphatic carbocycles. The zero-order valence-corrected chi connectivity index (χ0v) is 23.0. The van der Waals surface area contributed by atoms with Crippen molar-refractivity contribution in [2.45, 2.75) is 38.3 Å². The number of carbonyl (C=O) groups excluding carboxylic acids is 1. The smallest absolute Gasteiger partial charge is 0.254 e. The van der Waals surface area contributed by atoms with Crippen molar-refractivity contribution in [3.05, 3.63) is 47.5 Å².